The summed E-state index contributed by atoms with van der Waals surface area (Å²) < 4.78 is 0. The van der Waals surface area contributed by atoms with Crippen molar-refractivity contribution in [1.82, 2.24) is 10.3 Å². The largest absolute Gasteiger partial charge is 0.348 e. The molecule has 0 saturated heterocycles. The molecule has 1 N–H and O–H groups in total. The fourth-order valence-electron chi connectivity index (χ4n) is 2.43. The molecule has 0 unspecified atom stereocenters. The molecule has 9 heteroatoms. The number of benzene rings is 2. The molecule has 1 heterocycles. The van der Waals surface area contributed by atoms with Crippen molar-refractivity contribution in [3.05, 3.63) is 86.1 Å². The summed E-state index contributed by atoms with van der Waals surface area (Å²) in [6, 6.07) is 12.2. The number of carbonyl (C=O) groups is 1. The molecule has 2 aromatic carbocycles. The van der Waals surface area contributed by atoms with Gasteiger partial charge in [0.1, 0.15) is 0 Å². The van der Waals surface area contributed by atoms with Crippen molar-refractivity contribution >= 4 is 28.2 Å². The van der Waals surface area contributed by atoms with Gasteiger partial charge < -0.3 is 5.32 Å². The molecule has 0 aliphatic heterocycles. The summed E-state index contributed by atoms with van der Waals surface area (Å²) in [5.74, 6) is -0.648. The molecule has 0 aliphatic carbocycles. The topological polar surface area (TPSA) is 128 Å². The van der Waals surface area contributed by atoms with Crippen LogP contribution in [0.4, 0.5) is 11.4 Å². The fraction of sp³-hybridized carbons (Fsp3) is 0.0588. The maximum atomic E-state index is 12.3. The van der Waals surface area contributed by atoms with Crippen molar-refractivity contribution in [2.75, 3.05) is 0 Å². The Kier molecular flexibility index (Phi) is 4.52. The van der Waals surface area contributed by atoms with E-state index < -0.39 is 27.1 Å². The van der Waals surface area contributed by atoms with Crippen molar-refractivity contribution in [3.8, 4) is 0 Å². The van der Waals surface area contributed by atoms with E-state index in [4.69, 9.17) is 0 Å². The van der Waals surface area contributed by atoms with E-state index in [1.807, 2.05) is 30.3 Å². The van der Waals surface area contributed by atoms with Crippen LogP contribution in [0.15, 0.2) is 54.7 Å². The third-order valence-corrected chi connectivity index (χ3v) is 3.69. The number of fused-ring (bicyclic) bond motifs is 1. The van der Waals surface area contributed by atoms with Crippen LogP contribution in [0.3, 0.4) is 0 Å². The van der Waals surface area contributed by atoms with Gasteiger partial charge in [-0.05, 0) is 17.7 Å². The molecule has 0 atom stereocenters. The Labute approximate surface area is 146 Å². The van der Waals surface area contributed by atoms with E-state index in [0.29, 0.717) is 0 Å². The van der Waals surface area contributed by atoms with Crippen LogP contribution in [0, 0.1) is 20.2 Å². The summed E-state index contributed by atoms with van der Waals surface area (Å²) in [5.41, 5.74) is 0.363. The van der Waals surface area contributed by atoms with Crippen LogP contribution in [-0.2, 0) is 6.54 Å². The first-order valence-electron chi connectivity index (χ1n) is 7.50. The van der Waals surface area contributed by atoms with Gasteiger partial charge in [0.25, 0.3) is 17.3 Å². The normalized spacial score (nSPS) is 10.5. The molecule has 3 aromatic rings. The standard InChI is InChI=1S/C17H12N4O5/c22-17(13-6-14(20(23)24)8-15(7-13)21(25)26)19-10-11-5-12-3-1-2-4-16(12)18-9-11/h1-9H,10H2,(H,19,22). The zero-order valence-electron chi connectivity index (χ0n) is 13.3. The SMILES string of the molecule is O=C(NCc1cnc2ccccc2c1)c1cc([N+](=O)[O-])cc([N+](=O)[O-])c1. The summed E-state index contributed by atoms with van der Waals surface area (Å²) in [6.07, 6.45) is 1.61. The van der Waals surface area contributed by atoms with Gasteiger partial charge >= 0.3 is 0 Å². The molecule has 0 bridgehead atoms. The van der Waals surface area contributed by atoms with Gasteiger partial charge in [0.05, 0.1) is 27.0 Å². The highest BCUT2D eigenvalue weighted by Gasteiger charge is 2.19. The predicted molar refractivity (Wildman–Crippen MR) is 92.7 cm³/mol. The van der Waals surface area contributed by atoms with E-state index >= 15 is 0 Å². The number of pyridine rings is 1. The fourth-order valence-corrected chi connectivity index (χ4v) is 2.43. The number of nitrogens with zero attached hydrogens (tertiary/aromatic N) is 3. The highest BCUT2D eigenvalue weighted by atomic mass is 16.6. The first-order chi connectivity index (χ1) is 12.4. The van der Waals surface area contributed by atoms with Gasteiger partial charge in [-0.2, -0.15) is 0 Å². The van der Waals surface area contributed by atoms with Gasteiger partial charge in [0, 0.05) is 30.3 Å². The number of hydrogen-bond acceptors (Lipinski definition) is 6. The summed E-state index contributed by atoms with van der Waals surface area (Å²) in [4.78, 5) is 36.8. The minimum atomic E-state index is -0.781. The number of non-ortho nitro benzene ring substituents is 2. The monoisotopic (exact) mass is 352 g/mol. The molecule has 0 fully saturated rings. The highest BCUT2D eigenvalue weighted by molar-refractivity contribution is 5.95. The second-order valence-electron chi connectivity index (χ2n) is 5.47. The molecule has 1 amide bonds. The van der Waals surface area contributed by atoms with Gasteiger partial charge in [0.2, 0.25) is 0 Å². The zero-order chi connectivity index (χ0) is 18.7. The van der Waals surface area contributed by atoms with Crippen molar-refractivity contribution < 1.29 is 14.6 Å². The molecule has 3 rings (SSSR count). The minimum absolute atomic E-state index is 0.132. The lowest BCUT2D eigenvalue weighted by atomic mass is 10.1. The van der Waals surface area contributed by atoms with E-state index in [2.05, 4.69) is 10.3 Å². The molecule has 130 valence electrons. The van der Waals surface area contributed by atoms with Crippen molar-refractivity contribution in [3.63, 3.8) is 0 Å². The van der Waals surface area contributed by atoms with E-state index in [0.717, 1.165) is 34.7 Å². The third-order valence-electron chi connectivity index (χ3n) is 3.69. The Morgan fingerprint density at radius 2 is 1.65 bits per heavy atom. The molecule has 1 aromatic heterocycles. The van der Waals surface area contributed by atoms with Crippen LogP contribution in [0.25, 0.3) is 10.9 Å². The number of nitrogens with one attached hydrogen (secondary N) is 1. The molecular weight excluding hydrogens is 340 g/mol. The Hall–Kier alpha value is -3.88. The quantitative estimate of drug-likeness (QED) is 0.555. The van der Waals surface area contributed by atoms with Crippen molar-refractivity contribution in [2.24, 2.45) is 0 Å². The lowest BCUT2D eigenvalue weighted by Gasteiger charge is -2.06. The number of nitro groups is 2. The van der Waals surface area contributed by atoms with Crippen LogP contribution in [0.1, 0.15) is 15.9 Å². The predicted octanol–water partition coefficient (Wildman–Crippen LogP) is 2.98. The summed E-state index contributed by atoms with van der Waals surface area (Å²) in [7, 11) is 0. The first-order valence-corrected chi connectivity index (χ1v) is 7.50. The van der Waals surface area contributed by atoms with E-state index in [1.165, 1.54) is 0 Å². The highest BCUT2D eigenvalue weighted by Crippen LogP contribution is 2.22. The minimum Gasteiger partial charge on any atom is -0.348 e. The molecule has 0 radical (unpaired) electrons. The summed E-state index contributed by atoms with van der Waals surface area (Å²) in [6.45, 7) is 0.132. The second-order valence-corrected chi connectivity index (χ2v) is 5.47. The zero-order valence-corrected chi connectivity index (χ0v) is 13.3. The maximum absolute atomic E-state index is 12.3. The smallest absolute Gasteiger partial charge is 0.277 e. The molecule has 9 nitrogen and oxygen atoms in total. The number of para-hydroxylation sites is 1. The summed E-state index contributed by atoms with van der Waals surface area (Å²) >= 11 is 0. The third kappa shape index (κ3) is 3.61. The van der Waals surface area contributed by atoms with Crippen LogP contribution in [0.5, 0.6) is 0 Å². The number of rotatable bonds is 5. The number of amides is 1. The van der Waals surface area contributed by atoms with Crippen molar-refractivity contribution in [1.29, 1.82) is 0 Å². The lowest BCUT2D eigenvalue weighted by molar-refractivity contribution is -0.394. The van der Waals surface area contributed by atoms with Crippen LogP contribution in [0.2, 0.25) is 0 Å². The molecule has 26 heavy (non-hydrogen) atoms. The Morgan fingerprint density at radius 1 is 1.00 bits per heavy atom. The average molecular weight is 352 g/mol. The second kappa shape index (κ2) is 6.93. The van der Waals surface area contributed by atoms with Gasteiger partial charge in [0.15, 0.2) is 0 Å². The molecular formula is C17H12N4O5. The lowest BCUT2D eigenvalue weighted by Crippen LogP contribution is -2.23. The van der Waals surface area contributed by atoms with Gasteiger partial charge in [-0.15, -0.1) is 0 Å². The molecule has 0 spiro atoms. The van der Waals surface area contributed by atoms with Crippen molar-refractivity contribution in [2.45, 2.75) is 6.54 Å². The van der Waals surface area contributed by atoms with E-state index in [-0.39, 0.29) is 12.1 Å². The maximum Gasteiger partial charge on any atom is 0.277 e. The molecule has 0 aliphatic rings. The Bertz CT molecular complexity index is 1000. The van der Waals surface area contributed by atoms with Gasteiger partial charge in [-0.1, -0.05) is 18.2 Å². The van der Waals surface area contributed by atoms with E-state index in [1.54, 1.807) is 6.20 Å². The first kappa shape index (κ1) is 17.0. The number of nitro benzene ring substituents is 2. The van der Waals surface area contributed by atoms with Gasteiger partial charge in [-0.3, -0.25) is 30.0 Å². The van der Waals surface area contributed by atoms with Crippen LogP contribution in [-0.4, -0.2) is 20.7 Å². The number of hydrogen-bond donors (Lipinski definition) is 1. The number of carbonyl (C=O) groups excluding carboxylic acids is 1. The molecule has 0 saturated carbocycles. The van der Waals surface area contributed by atoms with Crippen LogP contribution >= 0.6 is 0 Å². The Balaban J connectivity index is 1.80. The van der Waals surface area contributed by atoms with Crippen LogP contribution < -0.4 is 5.32 Å². The van der Waals surface area contributed by atoms with Gasteiger partial charge in [-0.25, -0.2) is 0 Å². The Morgan fingerprint density at radius 3 is 2.31 bits per heavy atom. The summed E-state index contributed by atoms with van der Waals surface area (Å²) in [5, 5.41) is 25.3. The van der Waals surface area contributed by atoms with E-state index in [9.17, 15) is 25.0 Å². The number of aromatic nitrogens is 1. The average Bonchev–Trinajstić information content (AvgIpc) is 2.65.